The summed E-state index contributed by atoms with van der Waals surface area (Å²) in [5, 5.41) is 7.21. The number of carbonyl (C=O) groups excluding carboxylic acids is 1. The zero-order chi connectivity index (χ0) is 14.6. The number of piperidine rings is 1. The van der Waals surface area contributed by atoms with E-state index in [1.165, 1.54) is 0 Å². The number of halogens is 2. The third-order valence-corrected chi connectivity index (χ3v) is 4.06. The van der Waals surface area contributed by atoms with E-state index in [4.69, 9.17) is 11.6 Å². The number of nitrogens with one attached hydrogen (secondary N) is 2. The summed E-state index contributed by atoms with van der Waals surface area (Å²) in [6.07, 6.45) is 2.72. The number of rotatable bonds is 4. The van der Waals surface area contributed by atoms with Gasteiger partial charge in [-0.05, 0) is 50.0 Å². The maximum absolute atomic E-state index is 12.5. The predicted octanol–water partition coefficient (Wildman–Crippen LogP) is 3.20. The molecule has 1 saturated heterocycles. The molecule has 1 aromatic carbocycles. The maximum Gasteiger partial charge on any atom is 0.226 e. The van der Waals surface area contributed by atoms with Gasteiger partial charge in [0.25, 0.3) is 0 Å². The molecular formula is C16H24Cl2N2O. The van der Waals surface area contributed by atoms with E-state index in [0.29, 0.717) is 12.5 Å². The first-order chi connectivity index (χ1) is 9.47. The predicted molar refractivity (Wildman–Crippen MR) is 90.2 cm³/mol. The number of amides is 1. The van der Waals surface area contributed by atoms with Crippen molar-refractivity contribution in [3.05, 3.63) is 34.9 Å². The summed E-state index contributed by atoms with van der Waals surface area (Å²) in [5.41, 5.74) is 0.679. The largest absolute Gasteiger partial charge is 0.353 e. The molecule has 1 amide bonds. The van der Waals surface area contributed by atoms with Gasteiger partial charge in [-0.25, -0.2) is 0 Å². The number of hydrogen-bond acceptors (Lipinski definition) is 2. The number of benzene rings is 1. The number of hydrogen-bond donors (Lipinski definition) is 2. The quantitative estimate of drug-likeness (QED) is 0.890. The van der Waals surface area contributed by atoms with Crippen LogP contribution in [-0.2, 0) is 11.2 Å². The zero-order valence-electron chi connectivity index (χ0n) is 12.6. The van der Waals surface area contributed by atoms with E-state index in [1.807, 2.05) is 38.1 Å². The van der Waals surface area contributed by atoms with Crippen molar-refractivity contribution in [1.29, 1.82) is 0 Å². The molecule has 0 spiro atoms. The molecule has 0 bridgehead atoms. The van der Waals surface area contributed by atoms with Crippen LogP contribution in [0.25, 0.3) is 0 Å². The summed E-state index contributed by atoms with van der Waals surface area (Å²) in [4.78, 5) is 12.5. The van der Waals surface area contributed by atoms with Crippen LogP contribution in [0, 0.1) is 5.41 Å². The van der Waals surface area contributed by atoms with Crippen molar-refractivity contribution in [2.45, 2.75) is 39.2 Å². The number of carbonyl (C=O) groups is 1. The van der Waals surface area contributed by atoms with Crippen molar-refractivity contribution in [2.24, 2.45) is 5.41 Å². The average Bonchev–Trinajstić information content (AvgIpc) is 2.39. The molecular weight excluding hydrogens is 307 g/mol. The monoisotopic (exact) mass is 330 g/mol. The average molecular weight is 331 g/mol. The Bertz CT molecular complexity index is 471. The van der Waals surface area contributed by atoms with Crippen molar-refractivity contribution < 1.29 is 4.79 Å². The Hall–Kier alpha value is -0.770. The third-order valence-electron chi connectivity index (χ3n) is 3.82. The fourth-order valence-electron chi connectivity index (χ4n) is 2.58. The first-order valence-electron chi connectivity index (χ1n) is 7.23. The van der Waals surface area contributed by atoms with Crippen LogP contribution in [0.15, 0.2) is 24.3 Å². The first-order valence-corrected chi connectivity index (χ1v) is 7.61. The Morgan fingerprint density at radius 1 is 1.38 bits per heavy atom. The fourth-order valence-corrected chi connectivity index (χ4v) is 2.80. The van der Waals surface area contributed by atoms with Gasteiger partial charge < -0.3 is 10.6 Å². The van der Waals surface area contributed by atoms with Gasteiger partial charge in [0, 0.05) is 16.5 Å². The molecule has 1 aliphatic rings. The second kappa shape index (κ2) is 8.02. The van der Waals surface area contributed by atoms with Crippen LogP contribution in [0.5, 0.6) is 0 Å². The van der Waals surface area contributed by atoms with Gasteiger partial charge in [0.05, 0.1) is 0 Å². The minimum atomic E-state index is -0.421. The summed E-state index contributed by atoms with van der Waals surface area (Å²) in [5.74, 6) is 0.129. The van der Waals surface area contributed by atoms with Crippen LogP contribution in [0.2, 0.25) is 5.02 Å². The standard InChI is InChI=1S/C16H23ClN2O.ClH/c1-16(2,11-12-4-3-5-13(17)10-12)15(20)19-14-6-8-18-9-7-14;/h3-5,10,14,18H,6-9,11H2,1-2H3,(H,19,20);1H. The summed E-state index contributed by atoms with van der Waals surface area (Å²) >= 11 is 6.00. The maximum atomic E-state index is 12.5. The Kier molecular flexibility index (Phi) is 6.98. The lowest BCUT2D eigenvalue weighted by molar-refractivity contribution is -0.130. The minimum Gasteiger partial charge on any atom is -0.353 e. The normalized spacial score (nSPS) is 16.1. The Labute approximate surface area is 138 Å². The highest BCUT2D eigenvalue weighted by Gasteiger charge is 2.30. The molecule has 0 aromatic heterocycles. The van der Waals surface area contributed by atoms with Crippen LogP contribution in [-0.4, -0.2) is 25.0 Å². The second-order valence-corrected chi connectivity index (χ2v) is 6.62. The zero-order valence-corrected chi connectivity index (χ0v) is 14.2. The van der Waals surface area contributed by atoms with Gasteiger partial charge in [-0.2, -0.15) is 0 Å². The molecule has 2 N–H and O–H groups in total. The Balaban J connectivity index is 0.00000220. The van der Waals surface area contributed by atoms with Crippen LogP contribution in [0.1, 0.15) is 32.3 Å². The van der Waals surface area contributed by atoms with Crippen molar-refractivity contribution in [1.82, 2.24) is 10.6 Å². The third kappa shape index (κ3) is 5.50. The topological polar surface area (TPSA) is 41.1 Å². The SMILES string of the molecule is CC(C)(Cc1cccc(Cl)c1)C(=O)NC1CCNCC1.Cl. The molecule has 1 aliphatic heterocycles. The second-order valence-electron chi connectivity index (χ2n) is 6.19. The van der Waals surface area contributed by atoms with Crippen LogP contribution >= 0.6 is 24.0 Å². The molecule has 2 rings (SSSR count). The van der Waals surface area contributed by atoms with E-state index in [-0.39, 0.29) is 18.3 Å². The molecule has 118 valence electrons. The van der Waals surface area contributed by atoms with Crippen molar-refractivity contribution >= 4 is 29.9 Å². The molecule has 21 heavy (non-hydrogen) atoms. The molecule has 3 nitrogen and oxygen atoms in total. The molecule has 0 atom stereocenters. The Morgan fingerprint density at radius 3 is 2.67 bits per heavy atom. The van der Waals surface area contributed by atoms with E-state index < -0.39 is 5.41 Å². The van der Waals surface area contributed by atoms with Gasteiger partial charge in [-0.15, -0.1) is 12.4 Å². The van der Waals surface area contributed by atoms with Gasteiger partial charge in [0.2, 0.25) is 5.91 Å². The van der Waals surface area contributed by atoms with E-state index in [1.54, 1.807) is 0 Å². The van der Waals surface area contributed by atoms with Crippen LogP contribution in [0.4, 0.5) is 0 Å². The van der Waals surface area contributed by atoms with Gasteiger partial charge in [0.15, 0.2) is 0 Å². The van der Waals surface area contributed by atoms with E-state index in [9.17, 15) is 4.79 Å². The summed E-state index contributed by atoms with van der Waals surface area (Å²) in [7, 11) is 0. The van der Waals surface area contributed by atoms with Crippen LogP contribution in [0.3, 0.4) is 0 Å². The highest BCUT2D eigenvalue weighted by atomic mass is 35.5. The Morgan fingerprint density at radius 2 is 2.05 bits per heavy atom. The molecule has 0 saturated carbocycles. The molecule has 1 aromatic rings. The molecule has 5 heteroatoms. The van der Waals surface area contributed by atoms with Crippen LogP contribution < -0.4 is 10.6 Å². The lowest BCUT2D eigenvalue weighted by Gasteiger charge is -2.29. The summed E-state index contributed by atoms with van der Waals surface area (Å²) in [6.45, 7) is 5.95. The summed E-state index contributed by atoms with van der Waals surface area (Å²) in [6, 6.07) is 8.04. The lowest BCUT2D eigenvalue weighted by Crippen LogP contribution is -2.47. The summed E-state index contributed by atoms with van der Waals surface area (Å²) < 4.78 is 0. The molecule has 1 heterocycles. The van der Waals surface area contributed by atoms with Gasteiger partial charge in [0.1, 0.15) is 0 Å². The van der Waals surface area contributed by atoms with E-state index >= 15 is 0 Å². The van der Waals surface area contributed by atoms with Gasteiger partial charge in [-0.3, -0.25) is 4.79 Å². The van der Waals surface area contributed by atoms with Gasteiger partial charge in [-0.1, -0.05) is 37.6 Å². The van der Waals surface area contributed by atoms with Crippen molar-refractivity contribution in [3.63, 3.8) is 0 Å². The van der Waals surface area contributed by atoms with E-state index in [0.717, 1.165) is 36.5 Å². The molecule has 1 fully saturated rings. The highest BCUT2D eigenvalue weighted by molar-refractivity contribution is 6.30. The van der Waals surface area contributed by atoms with Crippen molar-refractivity contribution in [2.75, 3.05) is 13.1 Å². The molecule has 0 unspecified atom stereocenters. The smallest absolute Gasteiger partial charge is 0.226 e. The van der Waals surface area contributed by atoms with Gasteiger partial charge >= 0.3 is 0 Å². The highest BCUT2D eigenvalue weighted by Crippen LogP contribution is 2.24. The van der Waals surface area contributed by atoms with E-state index in [2.05, 4.69) is 10.6 Å². The minimum absolute atomic E-state index is 0. The molecule has 0 radical (unpaired) electrons. The first kappa shape index (κ1) is 18.3. The molecule has 0 aliphatic carbocycles. The fraction of sp³-hybridized carbons (Fsp3) is 0.562. The lowest BCUT2D eigenvalue weighted by atomic mass is 9.84. The van der Waals surface area contributed by atoms with Crippen molar-refractivity contribution in [3.8, 4) is 0 Å².